The second kappa shape index (κ2) is 3.49. The van der Waals surface area contributed by atoms with Gasteiger partial charge in [-0.1, -0.05) is 11.3 Å². The smallest absolute Gasteiger partial charge is 0.212 e. The van der Waals surface area contributed by atoms with Crippen LogP contribution in [0.25, 0.3) is 10.6 Å². The van der Waals surface area contributed by atoms with Gasteiger partial charge in [0, 0.05) is 17.8 Å². The molecular weight excluding hydrogens is 186 g/mol. The topological polar surface area (TPSA) is 47.9 Å². The third-order valence-corrected chi connectivity index (χ3v) is 2.29. The fourth-order valence-electron chi connectivity index (χ4n) is 0.926. The van der Waals surface area contributed by atoms with E-state index in [-0.39, 0.29) is 0 Å². The van der Waals surface area contributed by atoms with Gasteiger partial charge in [-0.2, -0.15) is 0 Å². The quantitative estimate of drug-likeness (QED) is 0.727. The number of methoxy groups -OCH3 is 1. The minimum absolute atomic E-state index is 0.605. The SMILES string of the molecule is COc1ccc(-c2nncs2)cn1. The average molecular weight is 193 g/mol. The van der Waals surface area contributed by atoms with Crippen molar-refractivity contribution in [1.82, 2.24) is 15.2 Å². The second-order valence-corrected chi connectivity index (χ2v) is 3.17. The van der Waals surface area contributed by atoms with Crippen LogP contribution in [-0.4, -0.2) is 22.3 Å². The van der Waals surface area contributed by atoms with E-state index in [4.69, 9.17) is 4.74 Å². The van der Waals surface area contributed by atoms with Gasteiger partial charge in [0.1, 0.15) is 10.5 Å². The number of hydrogen-bond donors (Lipinski definition) is 0. The van der Waals surface area contributed by atoms with Crippen LogP contribution < -0.4 is 4.74 Å². The van der Waals surface area contributed by atoms with Crippen LogP contribution in [0.2, 0.25) is 0 Å². The van der Waals surface area contributed by atoms with Gasteiger partial charge in [-0.3, -0.25) is 0 Å². The van der Waals surface area contributed by atoms with Crippen LogP contribution in [0.5, 0.6) is 5.88 Å². The van der Waals surface area contributed by atoms with Crippen molar-refractivity contribution >= 4 is 11.3 Å². The molecule has 0 unspecified atom stereocenters. The third kappa shape index (κ3) is 1.65. The molecule has 0 bridgehead atoms. The highest BCUT2D eigenvalue weighted by Gasteiger charge is 2.01. The molecule has 2 rings (SSSR count). The van der Waals surface area contributed by atoms with E-state index in [1.54, 1.807) is 24.9 Å². The molecule has 0 aliphatic rings. The van der Waals surface area contributed by atoms with Gasteiger partial charge >= 0.3 is 0 Å². The summed E-state index contributed by atoms with van der Waals surface area (Å²) in [4.78, 5) is 4.07. The minimum atomic E-state index is 0.605. The molecule has 0 aliphatic carbocycles. The first-order valence-corrected chi connectivity index (χ1v) is 4.54. The van der Waals surface area contributed by atoms with Crippen LogP contribution in [-0.2, 0) is 0 Å². The summed E-state index contributed by atoms with van der Waals surface area (Å²) < 4.78 is 4.94. The summed E-state index contributed by atoms with van der Waals surface area (Å²) in [7, 11) is 1.59. The van der Waals surface area contributed by atoms with E-state index in [1.165, 1.54) is 11.3 Å². The van der Waals surface area contributed by atoms with Gasteiger partial charge in [0.15, 0.2) is 0 Å². The minimum Gasteiger partial charge on any atom is -0.481 e. The zero-order chi connectivity index (χ0) is 9.10. The zero-order valence-corrected chi connectivity index (χ0v) is 7.78. The molecule has 13 heavy (non-hydrogen) atoms. The van der Waals surface area contributed by atoms with Crippen molar-refractivity contribution < 1.29 is 4.74 Å². The highest BCUT2D eigenvalue weighted by molar-refractivity contribution is 7.12. The van der Waals surface area contributed by atoms with Crippen molar-refractivity contribution in [3.05, 3.63) is 23.8 Å². The maximum atomic E-state index is 4.94. The first-order chi connectivity index (χ1) is 6.40. The maximum Gasteiger partial charge on any atom is 0.212 e. The van der Waals surface area contributed by atoms with E-state index in [9.17, 15) is 0 Å². The molecule has 4 nitrogen and oxygen atoms in total. The van der Waals surface area contributed by atoms with Crippen LogP contribution in [0.3, 0.4) is 0 Å². The molecule has 0 amide bonds. The van der Waals surface area contributed by atoms with Gasteiger partial charge in [-0.05, 0) is 6.07 Å². The van der Waals surface area contributed by atoms with Gasteiger partial charge < -0.3 is 4.74 Å². The van der Waals surface area contributed by atoms with Gasteiger partial charge in [0.05, 0.1) is 7.11 Å². The maximum absolute atomic E-state index is 4.94. The molecule has 0 aromatic carbocycles. The first kappa shape index (κ1) is 8.12. The number of nitrogens with zero attached hydrogens (tertiary/aromatic N) is 3. The van der Waals surface area contributed by atoms with Crippen LogP contribution >= 0.6 is 11.3 Å². The summed E-state index contributed by atoms with van der Waals surface area (Å²) in [5.41, 5.74) is 2.66. The third-order valence-electron chi connectivity index (χ3n) is 1.55. The second-order valence-electron chi connectivity index (χ2n) is 2.33. The number of rotatable bonds is 2. The molecule has 0 aliphatic heterocycles. The molecule has 0 saturated heterocycles. The van der Waals surface area contributed by atoms with Gasteiger partial charge in [-0.15, -0.1) is 10.2 Å². The highest BCUT2D eigenvalue weighted by atomic mass is 32.1. The largest absolute Gasteiger partial charge is 0.481 e. The highest BCUT2D eigenvalue weighted by Crippen LogP contribution is 2.20. The molecule has 0 N–H and O–H groups in total. The molecular formula is C8H7N3OS. The lowest BCUT2D eigenvalue weighted by molar-refractivity contribution is 0.398. The lowest BCUT2D eigenvalue weighted by Gasteiger charge is -1.97. The predicted molar refractivity (Wildman–Crippen MR) is 49.7 cm³/mol. The van der Waals surface area contributed by atoms with Crippen molar-refractivity contribution in [3.63, 3.8) is 0 Å². The van der Waals surface area contributed by atoms with Crippen LogP contribution in [0.1, 0.15) is 0 Å². The van der Waals surface area contributed by atoms with Gasteiger partial charge in [0.25, 0.3) is 0 Å². The van der Waals surface area contributed by atoms with Crippen molar-refractivity contribution in [2.24, 2.45) is 0 Å². The molecule has 2 heterocycles. The Morgan fingerprint density at radius 1 is 1.38 bits per heavy atom. The summed E-state index contributed by atoms with van der Waals surface area (Å²) in [6, 6.07) is 3.71. The molecule has 2 aromatic heterocycles. The monoisotopic (exact) mass is 193 g/mol. The number of aromatic nitrogens is 3. The fraction of sp³-hybridized carbons (Fsp3) is 0.125. The van der Waals surface area contributed by atoms with E-state index in [1.807, 2.05) is 6.07 Å². The van der Waals surface area contributed by atoms with Crippen molar-refractivity contribution in [1.29, 1.82) is 0 Å². The Hall–Kier alpha value is -1.49. The van der Waals surface area contributed by atoms with E-state index < -0.39 is 0 Å². The van der Waals surface area contributed by atoms with Gasteiger partial charge in [0.2, 0.25) is 5.88 Å². The van der Waals surface area contributed by atoms with Crippen molar-refractivity contribution in [3.8, 4) is 16.5 Å². The van der Waals surface area contributed by atoms with Gasteiger partial charge in [-0.25, -0.2) is 4.98 Å². The normalized spacial score (nSPS) is 9.92. The zero-order valence-electron chi connectivity index (χ0n) is 6.97. The predicted octanol–water partition coefficient (Wildman–Crippen LogP) is 1.61. The van der Waals surface area contributed by atoms with E-state index in [2.05, 4.69) is 15.2 Å². The Kier molecular flexibility index (Phi) is 2.18. The van der Waals surface area contributed by atoms with Crippen LogP contribution in [0.4, 0.5) is 0 Å². The van der Waals surface area contributed by atoms with E-state index >= 15 is 0 Å². The summed E-state index contributed by atoms with van der Waals surface area (Å²) >= 11 is 1.49. The molecule has 5 heteroatoms. The van der Waals surface area contributed by atoms with E-state index in [0.717, 1.165) is 10.6 Å². The Morgan fingerprint density at radius 3 is 2.85 bits per heavy atom. The Labute approximate surface area is 79.2 Å². The van der Waals surface area contributed by atoms with Crippen molar-refractivity contribution in [2.75, 3.05) is 7.11 Å². The lowest BCUT2D eigenvalue weighted by Crippen LogP contribution is -1.86. The summed E-state index contributed by atoms with van der Waals surface area (Å²) in [5.74, 6) is 0.605. The standard InChI is InChI=1S/C8H7N3OS/c1-12-7-3-2-6(4-9-7)8-11-10-5-13-8/h2-5H,1H3. The Morgan fingerprint density at radius 2 is 2.31 bits per heavy atom. The molecule has 0 saturated carbocycles. The summed E-state index contributed by atoms with van der Waals surface area (Å²) in [6.07, 6.45) is 1.72. The number of pyridine rings is 1. The van der Waals surface area contributed by atoms with Crippen LogP contribution in [0.15, 0.2) is 23.8 Å². The summed E-state index contributed by atoms with van der Waals surface area (Å²) in [5, 5.41) is 8.55. The van der Waals surface area contributed by atoms with Crippen molar-refractivity contribution in [2.45, 2.75) is 0 Å². The summed E-state index contributed by atoms with van der Waals surface area (Å²) in [6.45, 7) is 0. The molecule has 0 spiro atoms. The molecule has 66 valence electrons. The van der Waals surface area contributed by atoms with Crippen LogP contribution in [0, 0.1) is 0 Å². The Bertz CT molecular complexity index is 371. The first-order valence-electron chi connectivity index (χ1n) is 3.67. The molecule has 0 fully saturated rings. The molecule has 0 atom stereocenters. The fourth-order valence-corrected chi connectivity index (χ4v) is 1.47. The Balaban J connectivity index is 2.33. The molecule has 0 radical (unpaired) electrons. The number of ether oxygens (including phenoxy) is 1. The molecule has 2 aromatic rings. The average Bonchev–Trinajstić information content (AvgIpc) is 2.71. The van der Waals surface area contributed by atoms with E-state index in [0.29, 0.717) is 5.88 Å². The lowest BCUT2D eigenvalue weighted by atomic mass is 10.3. The number of hydrogen-bond acceptors (Lipinski definition) is 5.